The first kappa shape index (κ1) is 12.9. The average molecular weight is 251 g/mol. The Bertz CT molecular complexity index is 387. The first-order chi connectivity index (χ1) is 8.68. The molecular weight excluding hydrogens is 234 g/mol. The lowest BCUT2D eigenvalue weighted by Crippen LogP contribution is -2.43. The number of carbonyl (C=O) groups is 1. The molecule has 1 saturated heterocycles. The molecule has 2 N–H and O–H groups in total. The third-order valence-electron chi connectivity index (χ3n) is 2.86. The van der Waals surface area contributed by atoms with E-state index in [2.05, 4.69) is 5.32 Å². The minimum absolute atomic E-state index is 0.153. The second-order valence-electron chi connectivity index (χ2n) is 4.44. The molecular formula is C13H17NO4. The number of amides is 1. The van der Waals surface area contributed by atoms with Crippen molar-refractivity contribution in [3.05, 3.63) is 35.9 Å². The van der Waals surface area contributed by atoms with Gasteiger partial charge in [0.1, 0.15) is 12.2 Å². The highest BCUT2D eigenvalue weighted by Crippen LogP contribution is 2.16. The lowest BCUT2D eigenvalue weighted by Gasteiger charge is -2.20. The minimum Gasteiger partial charge on any atom is -0.445 e. The molecule has 1 aliphatic rings. The van der Waals surface area contributed by atoms with Crippen molar-refractivity contribution in [2.24, 2.45) is 0 Å². The molecule has 98 valence electrons. The molecule has 0 bridgehead atoms. The van der Waals surface area contributed by atoms with E-state index in [4.69, 9.17) is 9.47 Å². The van der Waals surface area contributed by atoms with E-state index in [0.717, 1.165) is 5.56 Å². The van der Waals surface area contributed by atoms with Gasteiger partial charge in [-0.3, -0.25) is 0 Å². The van der Waals surface area contributed by atoms with E-state index < -0.39 is 11.7 Å². The minimum atomic E-state index is -0.953. The molecule has 18 heavy (non-hydrogen) atoms. The van der Waals surface area contributed by atoms with Gasteiger partial charge in [0, 0.05) is 13.0 Å². The predicted octanol–water partition coefficient (Wildman–Crippen LogP) is 1.06. The zero-order valence-corrected chi connectivity index (χ0v) is 10.1. The van der Waals surface area contributed by atoms with Crippen LogP contribution in [0.1, 0.15) is 12.0 Å². The van der Waals surface area contributed by atoms with Gasteiger partial charge in [0.15, 0.2) is 0 Å². The summed E-state index contributed by atoms with van der Waals surface area (Å²) < 4.78 is 10.1. The number of alkyl carbamates (subject to hydrolysis) is 1. The highest BCUT2D eigenvalue weighted by Gasteiger charge is 2.32. The smallest absolute Gasteiger partial charge is 0.407 e. The lowest BCUT2D eigenvalue weighted by molar-refractivity contribution is 0.0256. The van der Waals surface area contributed by atoms with Crippen LogP contribution in [0.3, 0.4) is 0 Å². The van der Waals surface area contributed by atoms with Crippen LogP contribution >= 0.6 is 0 Å². The van der Waals surface area contributed by atoms with Crippen molar-refractivity contribution >= 4 is 6.09 Å². The largest absolute Gasteiger partial charge is 0.445 e. The number of rotatable bonds is 4. The number of carbonyl (C=O) groups excluding carboxylic acids is 1. The third kappa shape index (κ3) is 3.72. The van der Waals surface area contributed by atoms with E-state index in [1.165, 1.54) is 0 Å². The van der Waals surface area contributed by atoms with E-state index in [1.54, 1.807) is 0 Å². The Morgan fingerprint density at radius 3 is 2.89 bits per heavy atom. The number of benzene rings is 1. The second kappa shape index (κ2) is 5.84. The first-order valence-electron chi connectivity index (χ1n) is 5.93. The maximum absolute atomic E-state index is 11.4. The van der Waals surface area contributed by atoms with Gasteiger partial charge in [-0.15, -0.1) is 0 Å². The molecule has 5 heteroatoms. The molecule has 1 amide bonds. The average Bonchev–Trinajstić information content (AvgIpc) is 2.83. The van der Waals surface area contributed by atoms with E-state index in [9.17, 15) is 9.90 Å². The van der Waals surface area contributed by atoms with Crippen LogP contribution in [0.5, 0.6) is 0 Å². The van der Waals surface area contributed by atoms with Crippen LogP contribution in [0.4, 0.5) is 4.79 Å². The maximum atomic E-state index is 11.4. The summed E-state index contributed by atoms with van der Waals surface area (Å²) in [6.45, 7) is 1.16. The molecule has 1 fully saturated rings. The van der Waals surface area contributed by atoms with Gasteiger partial charge in [0.05, 0.1) is 13.2 Å². The Kier molecular flexibility index (Phi) is 4.17. The zero-order chi connectivity index (χ0) is 12.8. The molecule has 0 saturated carbocycles. The zero-order valence-electron chi connectivity index (χ0n) is 10.1. The van der Waals surface area contributed by atoms with Gasteiger partial charge >= 0.3 is 6.09 Å². The van der Waals surface area contributed by atoms with Crippen LogP contribution in [0.25, 0.3) is 0 Å². The quantitative estimate of drug-likeness (QED) is 0.839. The number of aliphatic hydroxyl groups is 1. The molecule has 0 aromatic heterocycles. The van der Waals surface area contributed by atoms with Crippen molar-refractivity contribution in [3.8, 4) is 0 Å². The fourth-order valence-electron chi connectivity index (χ4n) is 1.75. The van der Waals surface area contributed by atoms with Crippen molar-refractivity contribution in [3.63, 3.8) is 0 Å². The van der Waals surface area contributed by atoms with E-state index >= 15 is 0 Å². The molecule has 5 nitrogen and oxygen atoms in total. The predicted molar refractivity (Wildman–Crippen MR) is 65.0 cm³/mol. The molecule has 1 heterocycles. The standard InChI is InChI=1S/C13H17NO4/c15-12(14-9-13(16)6-7-17-10-13)18-8-11-4-2-1-3-5-11/h1-5,16H,6-10H2,(H,14,15). The van der Waals surface area contributed by atoms with Crippen LogP contribution < -0.4 is 5.32 Å². The first-order valence-corrected chi connectivity index (χ1v) is 5.93. The summed E-state index contributed by atoms with van der Waals surface area (Å²) in [5, 5.41) is 12.5. The lowest BCUT2D eigenvalue weighted by atomic mass is 10.0. The van der Waals surface area contributed by atoms with Gasteiger partial charge < -0.3 is 19.9 Å². The van der Waals surface area contributed by atoms with E-state index in [-0.39, 0.29) is 19.8 Å². The summed E-state index contributed by atoms with van der Waals surface area (Å²) in [5.41, 5.74) is -0.0262. The monoisotopic (exact) mass is 251 g/mol. The van der Waals surface area contributed by atoms with Crippen LogP contribution in [0.15, 0.2) is 30.3 Å². The Morgan fingerprint density at radius 2 is 2.22 bits per heavy atom. The highest BCUT2D eigenvalue weighted by molar-refractivity contribution is 5.67. The Morgan fingerprint density at radius 1 is 1.44 bits per heavy atom. The molecule has 0 aliphatic carbocycles. The van der Waals surface area contributed by atoms with Crippen LogP contribution in [0, 0.1) is 0 Å². The van der Waals surface area contributed by atoms with Crippen LogP contribution in [-0.4, -0.2) is 36.6 Å². The van der Waals surface area contributed by atoms with Gasteiger partial charge in [0.2, 0.25) is 0 Å². The highest BCUT2D eigenvalue weighted by atomic mass is 16.5. The molecule has 0 radical (unpaired) electrons. The van der Waals surface area contributed by atoms with Crippen molar-refractivity contribution in [2.75, 3.05) is 19.8 Å². The van der Waals surface area contributed by atoms with Gasteiger partial charge in [-0.25, -0.2) is 4.79 Å². The Labute approximate surface area is 106 Å². The fourth-order valence-corrected chi connectivity index (χ4v) is 1.75. The number of hydrogen-bond acceptors (Lipinski definition) is 4. The van der Waals surface area contributed by atoms with Crippen molar-refractivity contribution < 1.29 is 19.4 Å². The molecule has 1 aromatic rings. The number of ether oxygens (including phenoxy) is 2. The summed E-state index contributed by atoms with van der Waals surface area (Å²) in [6, 6.07) is 9.43. The number of nitrogens with one attached hydrogen (secondary N) is 1. The second-order valence-corrected chi connectivity index (χ2v) is 4.44. The molecule has 1 unspecified atom stereocenters. The molecule has 1 atom stereocenters. The summed E-state index contributed by atoms with van der Waals surface area (Å²) >= 11 is 0. The normalized spacial score (nSPS) is 22.7. The van der Waals surface area contributed by atoms with Crippen LogP contribution in [0.2, 0.25) is 0 Å². The molecule has 1 aliphatic heterocycles. The van der Waals surface area contributed by atoms with Crippen molar-refractivity contribution in [1.29, 1.82) is 0 Å². The Balaban J connectivity index is 1.69. The van der Waals surface area contributed by atoms with Gasteiger partial charge in [-0.05, 0) is 5.56 Å². The maximum Gasteiger partial charge on any atom is 0.407 e. The van der Waals surface area contributed by atoms with E-state index in [0.29, 0.717) is 13.0 Å². The van der Waals surface area contributed by atoms with Crippen molar-refractivity contribution in [1.82, 2.24) is 5.32 Å². The summed E-state index contributed by atoms with van der Waals surface area (Å²) in [4.78, 5) is 11.4. The number of hydrogen-bond donors (Lipinski definition) is 2. The van der Waals surface area contributed by atoms with Gasteiger partial charge in [-0.2, -0.15) is 0 Å². The third-order valence-corrected chi connectivity index (χ3v) is 2.86. The molecule has 1 aromatic carbocycles. The van der Waals surface area contributed by atoms with Crippen molar-refractivity contribution in [2.45, 2.75) is 18.6 Å². The summed E-state index contributed by atoms with van der Waals surface area (Å²) in [7, 11) is 0. The molecule has 2 rings (SSSR count). The van der Waals surface area contributed by atoms with Crippen LogP contribution in [-0.2, 0) is 16.1 Å². The SMILES string of the molecule is O=C(NCC1(O)CCOC1)OCc1ccccc1. The van der Waals surface area contributed by atoms with Gasteiger partial charge in [0.25, 0.3) is 0 Å². The van der Waals surface area contributed by atoms with E-state index in [1.807, 2.05) is 30.3 Å². The Hall–Kier alpha value is -1.59. The summed E-state index contributed by atoms with van der Waals surface area (Å²) in [6.07, 6.45) is 0.00516. The molecule has 0 spiro atoms. The van der Waals surface area contributed by atoms with Gasteiger partial charge in [-0.1, -0.05) is 30.3 Å². The topological polar surface area (TPSA) is 67.8 Å². The summed E-state index contributed by atoms with van der Waals surface area (Å²) in [5.74, 6) is 0. The fraction of sp³-hybridized carbons (Fsp3) is 0.462.